The Morgan fingerprint density at radius 1 is 0.800 bits per heavy atom. The predicted octanol–water partition coefficient (Wildman–Crippen LogP) is 5.75. The summed E-state index contributed by atoms with van der Waals surface area (Å²) in [5.41, 5.74) is 0. The van der Waals surface area contributed by atoms with Crippen molar-refractivity contribution < 1.29 is 4.79 Å². The number of aliphatic imine (C=N–C) groups is 1. The van der Waals surface area contributed by atoms with Crippen molar-refractivity contribution in [3.05, 3.63) is 24.3 Å². The lowest BCUT2D eigenvalue weighted by Gasteiger charge is -1.97. The largest absolute Gasteiger partial charge is 0.234 e. The van der Waals surface area contributed by atoms with Crippen LogP contribution in [0.5, 0.6) is 0 Å². The summed E-state index contributed by atoms with van der Waals surface area (Å²) in [4.78, 5) is 13.4. The summed E-state index contributed by atoms with van der Waals surface area (Å²) >= 11 is 0. The fourth-order valence-electron chi connectivity index (χ4n) is 2.05. The van der Waals surface area contributed by atoms with Gasteiger partial charge >= 0.3 is 0 Å². The van der Waals surface area contributed by atoms with E-state index in [1.54, 1.807) is 6.08 Å². The zero-order valence-corrected chi connectivity index (χ0v) is 13.2. The van der Waals surface area contributed by atoms with E-state index in [0.717, 1.165) is 12.8 Å². The molecule has 0 spiro atoms. The van der Waals surface area contributed by atoms with Crippen LogP contribution in [-0.2, 0) is 4.79 Å². The maximum Gasteiger partial charge on any atom is 0.234 e. The van der Waals surface area contributed by atoms with Crippen LogP contribution >= 0.6 is 0 Å². The summed E-state index contributed by atoms with van der Waals surface area (Å²) in [6.07, 6.45) is 24.2. The highest BCUT2D eigenvalue weighted by molar-refractivity contribution is 5.32. The Bertz CT molecular complexity index is 288. The van der Waals surface area contributed by atoms with Gasteiger partial charge in [-0.3, -0.25) is 0 Å². The number of hydrogen-bond donors (Lipinski definition) is 0. The molecule has 0 aliphatic heterocycles. The van der Waals surface area contributed by atoms with Crippen LogP contribution in [0.1, 0.15) is 77.6 Å². The third kappa shape index (κ3) is 16.9. The number of carbonyl (C=O) groups excluding carboxylic acids is 1. The van der Waals surface area contributed by atoms with Crippen LogP contribution in [0.25, 0.3) is 0 Å². The fourth-order valence-corrected chi connectivity index (χ4v) is 2.05. The zero-order valence-electron chi connectivity index (χ0n) is 13.2. The molecule has 0 aromatic carbocycles. The molecule has 0 aliphatic rings. The molecule has 0 aromatic rings. The molecule has 0 unspecified atom stereocenters. The van der Waals surface area contributed by atoms with Gasteiger partial charge in [-0.25, -0.2) is 9.79 Å². The number of allylic oxidation sites excluding steroid dienone is 4. The summed E-state index contributed by atoms with van der Waals surface area (Å²) < 4.78 is 0. The molecular formula is C18H31NO. The number of nitrogens with zero attached hydrogens (tertiary/aromatic N) is 1. The van der Waals surface area contributed by atoms with E-state index in [1.807, 2.05) is 0 Å². The molecule has 2 heteroatoms. The fraction of sp³-hybridized carbons (Fsp3) is 0.722. The van der Waals surface area contributed by atoms with Gasteiger partial charge in [-0.05, 0) is 38.5 Å². The molecule has 0 bridgehead atoms. The van der Waals surface area contributed by atoms with Crippen molar-refractivity contribution in [3.63, 3.8) is 0 Å². The third-order valence-corrected chi connectivity index (χ3v) is 3.29. The average molecular weight is 277 g/mol. The Morgan fingerprint density at radius 2 is 1.40 bits per heavy atom. The van der Waals surface area contributed by atoms with Gasteiger partial charge in [-0.2, -0.15) is 0 Å². The molecule has 0 rings (SSSR count). The van der Waals surface area contributed by atoms with Crippen LogP contribution in [0.4, 0.5) is 0 Å². The van der Waals surface area contributed by atoms with Crippen molar-refractivity contribution in [2.24, 2.45) is 4.99 Å². The maximum absolute atomic E-state index is 9.85. The van der Waals surface area contributed by atoms with Crippen LogP contribution in [0.2, 0.25) is 0 Å². The molecule has 114 valence electrons. The second-order valence-corrected chi connectivity index (χ2v) is 5.20. The average Bonchev–Trinajstić information content (AvgIpc) is 2.47. The van der Waals surface area contributed by atoms with E-state index in [2.05, 4.69) is 36.2 Å². The standard InChI is InChI=1S/C18H31NO/c1-2-3-4-5-6-7-8-9-10-11-12-13-14-15-16-17-19-18-20/h6-7,9-10H,2-5,8,11-17H2,1H3/b7-6?,10-9-. The highest BCUT2D eigenvalue weighted by Gasteiger charge is 1.89. The smallest absolute Gasteiger partial charge is 0.211 e. The van der Waals surface area contributed by atoms with Gasteiger partial charge in [0.25, 0.3) is 0 Å². The zero-order chi connectivity index (χ0) is 14.7. The minimum absolute atomic E-state index is 0.647. The minimum atomic E-state index is 0.647. The molecule has 0 amide bonds. The maximum atomic E-state index is 9.85. The van der Waals surface area contributed by atoms with Crippen molar-refractivity contribution >= 4 is 6.08 Å². The van der Waals surface area contributed by atoms with Gasteiger partial charge in [0.2, 0.25) is 6.08 Å². The molecule has 0 atom stereocenters. The van der Waals surface area contributed by atoms with Gasteiger partial charge in [0, 0.05) is 0 Å². The molecule has 20 heavy (non-hydrogen) atoms. The summed E-state index contributed by atoms with van der Waals surface area (Å²) in [6, 6.07) is 0. The number of unbranched alkanes of at least 4 members (excludes halogenated alkanes) is 8. The van der Waals surface area contributed by atoms with Crippen LogP contribution in [0.3, 0.4) is 0 Å². The molecule has 0 radical (unpaired) electrons. The van der Waals surface area contributed by atoms with Gasteiger partial charge in [-0.15, -0.1) is 0 Å². The lowest BCUT2D eigenvalue weighted by molar-refractivity contribution is 0.560. The van der Waals surface area contributed by atoms with Crippen LogP contribution in [0.15, 0.2) is 29.3 Å². The van der Waals surface area contributed by atoms with E-state index in [1.165, 1.54) is 57.8 Å². The quantitative estimate of drug-likeness (QED) is 0.172. The second-order valence-electron chi connectivity index (χ2n) is 5.20. The molecule has 2 nitrogen and oxygen atoms in total. The second kappa shape index (κ2) is 17.9. The summed E-state index contributed by atoms with van der Waals surface area (Å²) in [5, 5.41) is 0. The van der Waals surface area contributed by atoms with Crippen molar-refractivity contribution in [1.82, 2.24) is 0 Å². The topological polar surface area (TPSA) is 29.4 Å². The van der Waals surface area contributed by atoms with Crippen molar-refractivity contribution in [2.75, 3.05) is 6.54 Å². The Balaban J connectivity index is 3.17. The molecular weight excluding hydrogens is 246 g/mol. The van der Waals surface area contributed by atoms with Gasteiger partial charge in [0.15, 0.2) is 0 Å². The lowest BCUT2D eigenvalue weighted by Crippen LogP contribution is -1.82. The third-order valence-electron chi connectivity index (χ3n) is 3.29. The molecule has 0 saturated heterocycles. The van der Waals surface area contributed by atoms with E-state index in [0.29, 0.717) is 6.54 Å². The van der Waals surface area contributed by atoms with E-state index in [4.69, 9.17) is 0 Å². The first kappa shape index (κ1) is 18.9. The first-order valence-corrected chi connectivity index (χ1v) is 8.25. The van der Waals surface area contributed by atoms with E-state index in [-0.39, 0.29) is 0 Å². The minimum Gasteiger partial charge on any atom is -0.211 e. The highest BCUT2D eigenvalue weighted by Crippen LogP contribution is 2.06. The Hall–Kier alpha value is -1.14. The van der Waals surface area contributed by atoms with Crippen LogP contribution in [0, 0.1) is 0 Å². The van der Waals surface area contributed by atoms with E-state index < -0.39 is 0 Å². The Labute approximate surface area is 125 Å². The van der Waals surface area contributed by atoms with Gasteiger partial charge in [0.1, 0.15) is 0 Å². The first-order chi connectivity index (χ1) is 9.91. The van der Waals surface area contributed by atoms with Gasteiger partial charge in [-0.1, -0.05) is 63.3 Å². The van der Waals surface area contributed by atoms with Crippen molar-refractivity contribution in [3.8, 4) is 0 Å². The molecule has 0 heterocycles. The van der Waals surface area contributed by atoms with Crippen LogP contribution < -0.4 is 0 Å². The molecule has 0 aromatic heterocycles. The van der Waals surface area contributed by atoms with Crippen molar-refractivity contribution in [1.29, 1.82) is 0 Å². The number of hydrogen-bond acceptors (Lipinski definition) is 2. The molecule has 0 aliphatic carbocycles. The normalized spacial score (nSPS) is 11.2. The first-order valence-electron chi connectivity index (χ1n) is 8.25. The van der Waals surface area contributed by atoms with E-state index in [9.17, 15) is 4.79 Å². The monoisotopic (exact) mass is 277 g/mol. The number of rotatable bonds is 14. The van der Waals surface area contributed by atoms with Gasteiger partial charge in [0.05, 0.1) is 6.54 Å². The van der Waals surface area contributed by atoms with Gasteiger partial charge < -0.3 is 0 Å². The summed E-state index contributed by atoms with van der Waals surface area (Å²) in [5.74, 6) is 0. The van der Waals surface area contributed by atoms with Crippen molar-refractivity contribution in [2.45, 2.75) is 77.6 Å². The van der Waals surface area contributed by atoms with Crippen LogP contribution in [-0.4, -0.2) is 12.6 Å². The summed E-state index contributed by atoms with van der Waals surface area (Å²) in [6.45, 7) is 2.89. The summed E-state index contributed by atoms with van der Waals surface area (Å²) in [7, 11) is 0. The lowest BCUT2D eigenvalue weighted by atomic mass is 10.1. The Kier molecular flexibility index (Phi) is 16.8. The predicted molar refractivity (Wildman–Crippen MR) is 87.7 cm³/mol. The Morgan fingerprint density at radius 3 is 2.05 bits per heavy atom. The number of isocyanates is 1. The highest BCUT2D eigenvalue weighted by atomic mass is 16.1. The molecule has 0 N–H and O–H groups in total. The van der Waals surface area contributed by atoms with E-state index >= 15 is 0 Å². The molecule has 0 saturated carbocycles. The molecule has 0 fully saturated rings. The SMILES string of the molecule is CCCCCC=CC/C=C\CCCCCCCN=C=O.